The highest BCUT2D eigenvalue weighted by Crippen LogP contribution is 2.29. The van der Waals surface area contributed by atoms with E-state index in [0.29, 0.717) is 5.92 Å². The number of benzene rings is 3. The summed E-state index contributed by atoms with van der Waals surface area (Å²) >= 11 is 0. The van der Waals surface area contributed by atoms with Gasteiger partial charge in [-0.05, 0) is 28.3 Å². The van der Waals surface area contributed by atoms with Gasteiger partial charge in [-0.3, -0.25) is 0 Å². The topological polar surface area (TPSA) is 0 Å². The van der Waals surface area contributed by atoms with E-state index in [4.69, 9.17) is 0 Å². The molecule has 0 spiro atoms. The molecule has 3 rings (SSSR count). The molecule has 0 heteroatoms. The summed E-state index contributed by atoms with van der Waals surface area (Å²) in [6, 6.07) is 25.6. The maximum absolute atomic E-state index is 3.93. The van der Waals surface area contributed by atoms with Crippen LogP contribution >= 0.6 is 0 Å². The third-order valence-electron chi connectivity index (χ3n) is 3.96. The van der Waals surface area contributed by atoms with Crippen LogP contribution in [0.25, 0.3) is 16.8 Å². The zero-order chi connectivity index (χ0) is 15.2. The summed E-state index contributed by atoms with van der Waals surface area (Å²) in [5, 5.41) is 2.62. The van der Waals surface area contributed by atoms with E-state index in [0.717, 1.165) is 6.42 Å². The van der Waals surface area contributed by atoms with Crippen molar-refractivity contribution >= 4 is 16.8 Å². The number of hydrogen-bond donors (Lipinski definition) is 0. The molecule has 3 aromatic rings. The Morgan fingerprint density at radius 2 is 1.55 bits per heavy atom. The molecule has 3 aromatic carbocycles. The highest BCUT2D eigenvalue weighted by molar-refractivity contribution is 5.86. The van der Waals surface area contributed by atoms with Crippen molar-refractivity contribution in [3.8, 4) is 0 Å². The first-order valence-electron chi connectivity index (χ1n) is 7.70. The van der Waals surface area contributed by atoms with Crippen LogP contribution in [0.4, 0.5) is 0 Å². The van der Waals surface area contributed by atoms with Gasteiger partial charge in [0, 0.05) is 5.92 Å². The van der Waals surface area contributed by atoms with Crippen LogP contribution in [0.2, 0.25) is 0 Å². The summed E-state index contributed by atoms with van der Waals surface area (Å²) in [6.45, 7) is 3.93. The van der Waals surface area contributed by atoms with Crippen molar-refractivity contribution < 1.29 is 0 Å². The first-order valence-corrected chi connectivity index (χ1v) is 7.70. The maximum Gasteiger partial charge on any atom is 0.00618 e. The molecule has 1 unspecified atom stereocenters. The zero-order valence-corrected chi connectivity index (χ0v) is 12.7. The molecule has 0 saturated heterocycles. The Morgan fingerprint density at radius 1 is 0.818 bits per heavy atom. The van der Waals surface area contributed by atoms with E-state index in [2.05, 4.69) is 85.5 Å². The molecule has 0 amide bonds. The first-order chi connectivity index (χ1) is 10.9. The van der Waals surface area contributed by atoms with E-state index < -0.39 is 0 Å². The van der Waals surface area contributed by atoms with Crippen molar-refractivity contribution in [1.29, 1.82) is 0 Å². The second-order valence-electron chi connectivity index (χ2n) is 5.47. The average molecular weight is 284 g/mol. The molecule has 0 saturated carbocycles. The lowest BCUT2D eigenvalue weighted by Crippen LogP contribution is -1.95. The lowest BCUT2D eigenvalue weighted by atomic mass is 9.90. The molecule has 0 radical (unpaired) electrons. The number of hydrogen-bond acceptors (Lipinski definition) is 0. The van der Waals surface area contributed by atoms with Crippen molar-refractivity contribution in [2.24, 2.45) is 0 Å². The summed E-state index contributed by atoms with van der Waals surface area (Å²) < 4.78 is 0. The fourth-order valence-corrected chi connectivity index (χ4v) is 2.85. The molecule has 0 aliphatic carbocycles. The molecule has 0 N–H and O–H groups in total. The second kappa shape index (κ2) is 6.91. The number of fused-ring (bicyclic) bond motifs is 1. The minimum absolute atomic E-state index is 0.351. The van der Waals surface area contributed by atoms with Crippen LogP contribution in [-0.2, 0) is 0 Å². The van der Waals surface area contributed by atoms with Gasteiger partial charge in [0.05, 0.1) is 0 Å². The number of allylic oxidation sites excluding steroid dienone is 2. The highest BCUT2D eigenvalue weighted by atomic mass is 14.1. The predicted octanol–water partition coefficient (Wildman–Crippen LogP) is 6.21. The van der Waals surface area contributed by atoms with Gasteiger partial charge in [0.2, 0.25) is 0 Å². The Labute approximate surface area is 132 Å². The molecular formula is C22H20. The Bertz CT molecular complexity index is 776. The lowest BCUT2D eigenvalue weighted by molar-refractivity contribution is 0.878. The van der Waals surface area contributed by atoms with Crippen LogP contribution in [0, 0.1) is 0 Å². The summed E-state index contributed by atoms with van der Waals surface area (Å²) in [6.07, 6.45) is 7.44. The van der Waals surface area contributed by atoms with E-state index in [1.54, 1.807) is 0 Å². The fraction of sp³-hybridized carbons (Fsp3) is 0.0909. The lowest BCUT2D eigenvalue weighted by Gasteiger charge is -2.14. The van der Waals surface area contributed by atoms with Crippen molar-refractivity contribution in [3.05, 3.63) is 103 Å². The Kier molecular flexibility index (Phi) is 4.50. The Morgan fingerprint density at radius 3 is 2.36 bits per heavy atom. The second-order valence-corrected chi connectivity index (χ2v) is 5.47. The molecule has 0 nitrogen and oxygen atoms in total. The molecule has 0 aliphatic heterocycles. The Balaban J connectivity index is 1.99. The monoisotopic (exact) mass is 284 g/mol. The minimum atomic E-state index is 0.351. The smallest absolute Gasteiger partial charge is 0.00618 e. The van der Waals surface area contributed by atoms with Crippen molar-refractivity contribution in [1.82, 2.24) is 0 Å². The fourth-order valence-electron chi connectivity index (χ4n) is 2.85. The quantitative estimate of drug-likeness (QED) is 0.488. The van der Waals surface area contributed by atoms with Crippen molar-refractivity contribution in [3.63, 3.8) is 0 Å². The van der Waals surface area contributed by atoms with Crippen LogP contribution in [0.5, 0.6) is 0 Å². The van der Waals surface area contributed by atoms with Crippen LogP contribution in [0.1, 0.15) is 23.5 Å². The van der Waals surface area contributed by atoms with Crippen LogP contribution in [0.3, 0.4) is 0 Å². The van der Waals surface area contributed by atoms with Gasteiger partial charge in [-0.25, -0.2) is 0 Å². The summed E-state index contributed by atoms with van der Waals surface area (Å²) in [7, 11) is 0. The van der Waals surface area contributed by atoms with E-state index in [9.17, 15) is 0 Å². The largest absolute Gasteiger partial charge is 0.103 e. The van der Waals surface area contributed by atoms with E-state index >= 15 is 0 Å². The minimum Gasteiger partial charge on any atom is -0.103 e. The Hall–Kier alpha value is -2.60. The van der Waals surface area contributed by atoms with Gasteiger partial charge in [0.15, 0.2) is 0 Å². The molecule has 22 heavy (non-hydrogen) atoms. The molecular weight excluding hydrogens is 264 g/mol. The van der Waals surface area contributed by atoms with Gasteiger partial charge in [-0.2, -0.15) is 0 Å². The van der Waals surface area contributed by atoms with Gasteiger partial charge in [-0.1, -0.05) is 91.0 Å². The summed E-state index contributed by atoms with van der Waals surface area (Å²) in [5.41, 5.74) is 2.60. The third kappa shape index (κ3) is 3.17. The first kappa shape index (κ1) is 14.3. The molecule has 1 atom stereocenters. The van der Waals surface area contributed by atoms with Gasteiger partial charge in [0.1, 0.15) is 0 Å². The molecule has 0 fully saturated rings. The molecule has 0 bridgehead atoms. The number of rotatable bonds is 5. The van der Waals surface area contributed by atoms with Gasteiger partial charge >= 0.3 is 0 Å². The maximum atomic E-state index is 3.93. The van der Waals surface area contributed by atoms with Crippen LogP contribution in [0.15, 0.2) is 91.5 Å². The zero-order valence-electron chi connectivity index (χ0n) is 12.7. The standard InChI is InChI=1S/C22H20/c1-2-9-19(17-16-18-10-4-3-5-11-18)22-15-8-13-20-12-6-7-14-21(20)22/h2-8,10-17,19H,1,9H2/b17-16+. The molecule has 0 heterocycles. The van der Waals surface area contributed by atoms with Gasteiger partial charge in [-0.15, -0.1) is 6.58 Å². The van der Waals surface area contributed by atoms with E-state index in [1.165, 1.54) is 21.9 Å². The SMILES string of the molecule is C=CCC(/C=C/c1ccccc1)c1cccc2ccccc12. The summed E-state index contributed by atoms with van der Waals surface area (Å²) in [5.74, 6) is 0.351. The van der Waals surface area contributed by atoms with Gasteiger partial charge in [0.25, 0.3) is 0 Å². The van der Waals surface area contributed by atoms with E-state index in [1.807, 2.05) is 12.1 Å². The van der Waals surface area contributed by atoms with Crippen LogP contribution in [-0.4, -0.2) is 0 Å². The van der Waals surface area contributed by atoms with Crippen LogP contribution < -0.4 is 0 Å². The van der Waals surface area contributed by atoms with E-state index in [-0.39, 0.29) is 0 Å². The predicted molar refractivity (Wildman–Crippen MR) is 97.0 cm³/mol. The molecule has 108 valence electrons. The molecule has 0 aliphatic rings. The highest BCUT2D eigenvalue weighted by Gasteiger charge is 2.09. The van der Waals surface area contributed by atoms with Crippen molar-refractivity contribution in [2.45, 2.75) is 12.3 Å². The van der Waals surface area contributed by atoms with Gasteiger partial charge < -0.3 is 0 Å². The summed E-state index contributed by atoms with van der Waals surface area (Å²) in [4.78, 5) is 0. The average Bonchev–Trinajstić information content (AvgIpc) is 2.59. The normalized spacial score (nSPS) is 12.5. The third-order valence-corrected chi connectivity index (χ3v) is 3.96. The molecule has 0 aromatic heterocycles. The van der Waals surface area contributed by atoms with Crippen molar-refractivity contribution in [2.75, 3.05) is 0 Å².